The number of carboxylic acid groups (broad SMARTS) is 1. The van der Waals surface area contributed by atoms with Crippen molar-refractivity contribution in [2.75, 3.05) is 14.2 Å². The van der Waals surface area contributed by atoms with Crippen LogP contribution < -0.4 is 9.47 Å². The van der Waals surface area contributed by atoms with Crippen molar-refractivity contribution in [3.8, 4) is 11.5 Å². The van der Waals surface area contributed by atoms with E-state index in [0.717, 1.165) is 11.1 Å². The molecule has 0 saturated heterocycles. The number of benzene rings is 2. The third kappa shape index (κ3) is 2.91. The van der Waals surface area contributed by atoms with Crippen LogP contribution in [-0.4, -0.2) is 25.3 Å². The van der Waals surface area contributed by atoms with E-state index in [9.17, 15) is 9.90 Å². The Kier molecular flexibility index (Phi) is 4.25. The number of methoxy groups -OCH3 is 2. The Labute approximate surface area is 117 Å². The molecule has 0 aliphatic rings. The highest BCUT2D eigenvalue weighted by Crippen LogP contribution is 2.28. The van der Waals surface area contributed by atoms with E-state index in [0.29, 0.717) is 23.5 Å². The maximum absolute atomic E-state index is 11.2. The standard InChI is InChI=1S/C16H16O4/c1-19-14-8-7-11(10-15(14)20-2)9-12-5-3-4-6-13(12)16(17)18/h3-8,10H,9H2,1-2H3,(H,17,18). The lowest BCUT2D eigenvalue weighted by Gasteiger charge is -2.10. The van der Waals surface area contributed by atoms with E-state index in [1.807, 2.05) is 30.3 Å². The predicted molar refractivity (Wildman–Crippen MR) is 75.8 cm³/mol. The van der Waals surface area contributed by atoms with Crippen LogP contribution in [0.5, 0.6) is 11.5 Å². The van der Waals surface area contributed by atoms with Gasteiger partial charge in [-0.25, -0.2) is 4.79 Å². The molecule has 0 radical (unpaired) electrons. The molecule has 4 nitrogen and oxygen atoms in total. The van der Waals surface area contributed by atoms with E-state index in [4.69, 9.17) is 9.47 Å². The number of rotatable bonds is 5. The van der Waals surface area contributed by atoms with Crippen molar-refractivity contribution in [1.29, 1.82) is 0 Å². The second kappa shape index (κ2) is 6.10. The van der Waals surface area contributed by atoms with Crippen LogP contribution in [0.2, 0.25) is 0 Å². The number of carbonyl (C=O) groups is 1. The molecule has 0 saturated carbocycles. The number of ether oxygens (including phenoxy) is 2. The van der Waals surface area contributed by atoms with Gasteiger partial charge in [-0.2, -0.15) is 0 Å². The summed E-state index contributed by atoms with van der Waals surface area (Å²) < 4.78 is 10.4. The molecule has 4 heteroatoms. The highest BCUT2D eigenvalue weighted by Gasteiger charge is 2.11. The summed E-state index contributed by atoms with van der Waals surface area (Å²) in [6.07, 6.45) is 0.531. The second-order valence-electron chi connectivity index (χ2n) is 4.33. The fourth-order valence-corrected chi connectivity index (χ4v) is 2.09. The highest BCUT2D eigenvalue weighted by atomic mass is 16.5. The van der Waals surface area contributed by atoms with E-state index < -0.39 is 5.97 Å². The number of aromatic carboxylic acids is 1. The van der Waals surface area contributed by atoms with Crippen molar-refractivity contribution in [3.05, 3.63) is 59.2 Å². The minimum absolute atomic E-state index is 0.322. The quantitative estimate of drug-likeness (QED) is 0.909. The van der Waals surface area contributed by atoms with Crippen molar-refractivity contribution >= 4 is 5.97 Å². The van der Waals surface area contributed by atoms with Gasteiger partial charge < -0.3 is 14.6 Å². The first-order chi connectivity index (χ1) is 9.65. The summed E-state index contributed by atoms with van der Waals surface area (Å²) in [7, 11) is 3.16. The smallest absolute Gasteiger partial charge is 0.335 e. The van der Waals surface area contributed by atoms with Gasteiger partial charge in [0.15, 0.2) is 11.5 Å². The summed E-state index contributed by atoms with van der Waals surface area (Å²) in [6, 6.07) is 12.6. The Bertz CT molecular complexity index is 620. The molecule has 0 aliphatic heterocycles. The van der Waals surface area contributed by atoms with Crippen LogP contribution in [0.15, 0.2) is 42.5 Å². The molecule has 104 valence electrons. The third-order valence-corrected chi connectivity index (χ3v) is 3.09. The normalized spacial score (nSPS) is 10.1. The molecule has 2 rings (SSSR count). The van der Waals surface area contributed by atoms with Gasteiger partial charge in [-0.1, -0.05) is 24.3 Å². The van der Waals surface area contributed by atoms with Crippen LogP contribution in [-0.2, 0) is 6.42 Å². The second-order valence-corrected chi connectivity index (χ2v) is 4.33. The largest absolute Gasteiger partial charge is 0.493 e. The zero-order chi connectivity index (χ0) is 14.5. The van der Waals surface area contributed by atoms with Gasteiger partial charge in [-0.3, -0.25) is 0 Å². The van der Waals surface area contributed by atoms with Gasteiger partial charge in [0.1, 0.15) is 0 Å². The molecule has 0 spiro atoms. The van der Waals surface area contributed by atoms with E-state index in [1.165, 1.54) is 0 Å². The van der Waals surface area contributed by atoms with Crippen LogP contribution in [0.4, 0.5) is 0 Å². The van der Waals surface area contributed by atoms with E-state index in [-0.39, 0.29) is 0 Å². The van der Waals surface area contributed by atoms with Crippen LogP contribution in [0.1, 0.15) is 21.5 Å². The van der Waals surface area contributed by atoms with Gasteiger partial charge >= 0.3 is 5.97 Å². The average molecular weight is 272 g/mol. The molecule has 0 fully saturated rings. The SMILES string of the molecule is COc1ccc(Cc2ccccc2C(=O)O)cc1OC. The van der Waals surface area contributed by atoms with E-state index in [2.05, 4.69) is 0 Å². The fourth-order valence-electron chi connectivity index (χ4n) is 2.09. The Morgan fingerprint density at radius 3 is 2.40 bits per heavy atom. The van der Waals surface area contributed by atoms with E-state index in [1.54, 1.807) is 26.4 Å². The van der Waals surface area contributed by atoms with Crippen molar-refractivity contribution < 1.29 is 19.4 Å². The summed E-state index contributed by atoms with van der Waals surface area (Å²) in [5, 5.41) is 9.18. The van der Waals surface area contributed by atoms with Gasteiger partial charge in [0.2, 0.25) is 0 Å². The summed E-state index contributed by atoms with van der Waals surface area (Å²) in [4.78, 5) is 11.2. The highest BCUT2D eigenvalue weighted by molar-refractivity contribution is 5.89. The topological polar surface area (TPSA) is 55.8 Å². The van der Waals surface area contributed by atoms with E-state index >= 15 is 0 Å². The van der Waals surface area contributed by atoms with Crippen molar-refractivity contribution in [1.82, 2.24) is 0 Å². The number of hydrogen-bond acceptors (Lipinski definition) is 3. The fraction of sp³-hybridized carbons (Fsp3) is 0.188. The summed E-state index contributed by atoms with van der Waals surface area (Å²) >= 11 is 0. The predicted octanol–water partition coefficient (Wildman–Crippen LogP) is 2.99. The molecular weight excluding hydrogens is 256 g/mol. The van der Waals surface area contributed by atoms with Gasteiger partial charge in [-0.05, 0) is 35.7 Å². The Balaban J connectivity index is 2.33. The zero-order valence-corrected chi connectivity index (χ0v) is 11.4. The zero-order valence-electron chi connectivity index (χ0n) is 11.4. The Morgan fingerprint density at radius 2 is 1.75 bits per heavy atom. The van der Waals surface area contributed by atoms with Gasteiger partial charge in [0.05, 0.1) is 19.8 Å². The van der Waals surface area contributed by atoms with Crippen LogP contribution >= 0.6 is 0 Å². The molecule has 20 heavy (non-hydrogen) atoms. The Morgan fingerprint density at radius 1 is 1.05 bits per heavy atom. The number of carboxylic acids is 1. The van der Waals surface area contributed by atoms with Crippen molar-refractivity contribution in [3.63, 3.8) is 0 Å². The molecule has 2 aromatic rings. The first-order valence-corrected chi connectivity index (χ1v) is 6.17. The lowest BCUT2D eigenvalue weighted by Crippen LogP contribution is -2.03. The van der Waals surface area contributed by atoms with Gasteiger partial charge in [-0.15, -0.1) is 0 Å². The van der Waals surface area contributed by atoms with Gasteiger partial charge in [0.25, 0.3) is 0 Å². The van der Waals surface area contributed by atoms with Crippen molar-refractivity contribution in [2.24, 2.45) is 0 Å². The molecule has 2 aromatic carbocycles. The molecule has 0 atom stereocenters. The summed E-state index contributed by atoms with van der Waals surface area (Å²) in [5.74, 6) is 0.377. The van der Waals surface area contributed by atoms with Gasteiger partial charge in [0, 0.05) is 0 Å². The van der Waals surface area contributed by atoms with Crippen LogP contribution in [0, 0.1) is 0 Å². The molecule has 0 amide bonds. The first kappa shape index (κ1) is 13.9. The molecular formula is C16H16O4. The maximum atomic E-state index is 11.2. The lowest BCUT2D eigenvalue weighted by molar-refractivity contribution is 0.0696. The van der Waals surface area contributed by atoms with Crippen molar-refractivity contribution in [2.45, 2.75) is 6.42 Å². The monoisotopic (exact) mass is 272 g/mol. The molecule has 0 aliphatic carbocycles. The Hall–Kier alpha value is -2.49. The molecule has 1 N–H and O–H groups in total. The summed E-state index contributed by atoms with van der Waals surface area (Å²) in [6.45, 7) is 0. The summed E-state index contributed by atoms with van der Waals surface area (Å²) in [5.41, 5.74) is 2.06. The molecule has 0 unspecified atom stereocenters. The molecule has 0 bridgehead atoms. The van der Waals surface area contributed by atoms with Crippen LogP contribution in [0.25, 0.3) is 0 Å². The number of hydrogen-bond donors (Lipinski definition) is 1. The maximum Gasteiger partial charge on any atom is 0.335 e. The average Bonchev–Trinajstić information content (AvgIpc) is 2.47. The third-order valence-electron chi connectivity index (χ3n) is 3.09. The van der Waals surface area contributed by atoms with Crippen LogP contribution in [0.3, 0.4) is 0 Å². The molecule has 0 heterocycles. The molecule has 0 aromatic heterocycles. The minimum Gasteiger partial charge on any atom is -0.493 e. The lowest BCUT2D eigenvalue weighted by atomic mass is 9.99. The first-order valence-electron chi connectivity index (χ1n) is 6.17. The minimum atomic E-state index is -0.916.